The van der Waals surface area contributed by atoms with Crippen molar-refractivity contribution in [3.63, 3.8) is 0 Å². The van der Waals surface area contributed by atoms with Crippen molar-refractivity contribution in [2.75, 3.05) is 18.0 Å². The van der Waals surface area contributed by atoms with Crippen LogP contribution in [0.3, 0.4) is 0 Å². The fourth-order valence-corrected chi connectivity index (χ4v) is 2.65. The number of carbonyl (C=O) groups excluding carboxylic acids is 1. The summed E-state index contributed by atoms with van der Waals surface area (Å²) in [5.74, 6) is 0.531. The van der Waals surface area contributed by atoms with Crippen LogP contribution in [0.1, 0.15) is 38.2 Å². The van der Waals surface area contributed by atoms with Crippen molar-refractivity contribution in [2.24, 2.45) is 5.73 Å². The highest BCUT2D eigenvalue weighted by atomic mass is 35.5. The van der Waals surface area contributed by atoms with E-state index in [2.05, 4.69) is 10.3 Å². The van der Waals surface area contributed by atoms with Crippen LogP contribution in [0.25, 0.3) is 0 Å². The van der Waals surface area contributed by atoms with E-state index in [4.69, 9.17) is 5.73 Å². The first-order valence-corrected chi connectivity index (χ1v) is 8.09. The zero-order chi connectivity index (χ0) is 17.7. The first-order chi connectivity index (χ1) is 11.3. The third-order valence-corrected chi connectivity index (χ3v) is 4.09. The van der Waals surface area contributed by atoms with Gasteiger partial charge in [-0.1, -0.05) is 0 Å². The average Bonchev–Trinajstić information content (AvgIpc) is 2.53. The molecule has 1 amide bonds. The van der Waals surface area contributed by atoms with Crippen LogP contribution in [-0.4, -0.2) is 36.1 Å². The molecule has 26 heavy (non-hydrogen) atoms. The molecule has 5 nitrogen and oxygen atoms in total. The minimum absolute atomic E-state index is 0. The van der Waals surface area contributed by atoms with Crippen LogP contribution in [-0.2, 0) is 11.0 Å². The normalized spacial score (nSPS) is 16.3. The highest BCUT2D eigenvalue weighted by Gasteiger charge is 2.31. The Morgan fingerprint density at radius 2 is 1.96 bits per heavy atom. The molecule has 2 heterocycles. The molecule has 1 aromatic rings. The number of alkyl halides is 3. The van der Waals surface area contributed by atoms with E-state index in [0.717, 1.165) is 25.1 Å². The van der Waals surface area contributed by atoms with Gasteiger partial charge in [0.1, 0.15) is 5.82 Å². The molecule has 1 aliphatic heterocycles. The van der Waals surface area contributed by atoms with E-state index in [-0.39, 0.29) is 42.8 Å². The predicted molar refractivity (Wildman–Crippen MR) is 100.0 cm³/mol. The molecule has 2 rings (SSSR count). The molecule has 1 aliphatic rings. The van der Waals surface area contributed by atoms with E-state index in [9.17, 15) is 18.0 Å². The van der Waals surface area contributed by atoms with Crippen molar-refractivity contribution >= 4 is 36.5 Å². The third kappa shape index (κ3) is 7.55. The topological polar surface area (TPSA) is 71.2 Å². The summed E-state index contributed by atoms with van der Waals surface area (Å²) in [6.07, 6.45) is -0.960. The molecule has 1 saturated heterocycles. The monoisotopic (exact) mass is 416 g/mol. The number of nitrogens with zero attached hydrogens (tertiary/aromatic N) is 2. The number of rotatable bonds is 5. The van der Waals surface area contributed by atoms with Crippen LogP contribution in [0.4, 0.5) is 19.0 Å². The van der Waals surface area contributed by atoms with Gasteiger partial charge >= 0.3 is 6.18 Å². The minimum atomic E-state index is -4.37. The molecule has 10 heteroatoms. The lowest BCUT2D eigenvalue weighted by Crippen LogP contribution is -2.45. The molecule has 1 atom stereocenters. The number of hydrogen-bond acceptors (Lipinski definition) is 4. The molecule has 0 aromatic carbocycles. The summed E-state index contributed by atoms with van der Waals surface area (Å²) in [4.78, 5) is 17.6. The molecule has 1 fully saturated rings. The lowest BCUT2D eigenvalue weighted by atomic mass is 10.0. The Hall–Kier alpha value is -1.25. The summed E-state index contributed by atoms with van der Waals surface area (Å²) in [5.41, 5.74) is 4.88. The van der Waals surface area contributed by atoms with Gasteiger partial charge in [0, 0.05) is 37.8 Å². The first kappa shape index (κ1) is 24.8. The number of carbonyl (C=O) groups is 1. The molecule has 1 aromatic heterocycles. The Morgan fingerprint density at radius 3 is 2.42 bits per heavy atom. The summed E-state index contributed by atoms with van der Waals surface area (Å²) in [7, 11) is 0. The van der Waals surface area contributed by atoms with Gasteiger partial charge in [-0.05, 0) is 38.3 Å². The number of nitrogens with one attached hydrogen (secondary N) is 1. The fourth-order valence-electron chi connectivity index (χ4n) is 2.65. The van der Waals surface area contributed by atoms with Gasteiger partial charge in [0.2, 0.25) is 5.91 Å². The second-order valence-electron chi connectivity index (χ2n) is 6.25. The maximum atomic E-state index is 12.5. The van der Waals surface area contributed by atoms with E-state index < -0.39 is 11.7 Å². The van der Waals surface area contributed by atoms with Crippen LogP contribution in [0.15, 0.2) is 18.3 Å². The van der Waals surface area contributed by atoms with Gasteiger partial charge in [-0.15, -0.1) is 24.8 Å². The van der Waals surface area contributed by atoms with E-state index in [1.807, 2.05) is 11.8 Å². The van der Waals surface area contributed by atoms with Crippen molar-refractivity contribution in [3.8, 4) is 0 Å². The quantitative estimate of drug-likeness (QED) is 0.772. The van der Waals surface area contributed by atoms with Gasteiger partial charge in [-0.3, -0.25) is 4.79 Å². The second kappa shape index (κ2) is 10.8. The Bertz CT molecular complexity index is 547. The molecule has 0 aliphatic carbocycles. The van der Waals surface area contributed by atoms with Crippen LogP contribution in [0, 0.1) is 0 Å². The highest BCUT2D eigenvalue weighted by Crippen LogP contribution is 2.29. The molecular formula is C16H25Cl2F3N4O. The van der Waals surface area contributed by atoms with Gasteiger partial charge in [0.15, 0.2) is 0 Å². The van der Waals surface area contributed by atoms with E-state index >= 15 is 0 Å². The lowest BCUT2D eigenvalue weighted by Gasteiger charge is -2.33. The van der Waals surface area contributed by atoms with Crippen molar-refractivity contribution < 1.29 is 18.0 Å². The number of halogens is 5. The highest BCUT2D eigenvalue weighted by molar-refractivity contribution is 5.85. The summed E-state index contributed by atoms with van der Waals surface area (Å²) < 4.78 is 37.6. The summed E-state index contributed by atoms with van der Waals surface area (Å²) in [6.45, 7) is 3.16. The summed E-state index contributed by atoms with van der Waals surface area (Å²) in [6, 6.07) is 2.54. The van der Waals surface area contributed by atoms with Crippen LogP contribution < -0.4 is 16.0 Å². The minimum Gasteiger partial charge on any atom is -0.356 e. The van der Waals surface area contributed by atoms with E-state index in [0.29, 0.717) is 31.7 Å². The van der Waals surface area contributed by atoms with Gasteiger partial charge in [0.05, 0.1) is 5.56 Å². The molecule has 1 unspecified atom stereocenters. The molecule has 0 spiro atoms. The van der Waals surface area contributed by atoms with Crippen molar-refractivity contribution in [1.82, 2.24) is 10.3 Å². The number of nitrogens with two attached hydrogens (primary N) is 1. The van der Waals surface area contributed by atoms with Gasteiger partial charge < -0.3 is 16.0 Å². The number of hydrogen-bond donors (Lipinski definition) is 2. The average molecular weight is 417 g/mol. The van der Waals surface area contributed by atoms with Crippen molar-refractivity contribution in [2.45, 2.75) is 50.9 Å². The maximum absolute atomic E-state index is 12.5. The summed E-state index contributed by atoms with van der Waals surface area (Å²) in [5, 5.41) is 2.98. The third-order valence-electron chi connectivity index (χ3n) is 4.09. The number of amides is 1. The summed E-state index contributed by atoms with van der Waals surface area (Å²) >= 11 is 0. The van der Waals surface area contributed by atoms with Gasteiger partial charge in [-0.2, -0.15) is 13.2 Å². The van der Waals surface area contributed by atoms with E-state index in [1.54, 1.807) is 0 Å². The second-order valence-corrected chi connectivity index (χ2v) is 6.25. The van der Waals surface area contributed by atoms with Crippen LogP contribution >= 0.6 is 24.8 Å². The first-order valence-electron chi connectivity index (χ1n) is 8.09. The molecule has 0 radical (unpaired) electrons. The number of anilines is 1. The number of piperidine rings is 1. The maximum Gasteiger partial charge on any atom is 0.417 e. The van der Waals surface area contributed by atoms with Gasteiger partial charge in [-0.25, -0.2) is 4.98 Å². The Labute approximate surface area is 163 Å². The lowest BCUT2D eigenvalue weighted by molar-refractivity contribution is -0.137. The molecule has 150 valence electrons. The van der Waals surface area contributed by atoms with Crippen LogP contribution in [0.5, 0.6) is 0 Å². The fraction of sp³-hybridized carbons (Fsp3) is 0.625. The molecule has 0 bridgehead atoms. The predicted octanol–water partition coefficient (Wildman–Crippen LogP) is 3.16. The van der Waals surface area contributed by atoms with Crippen molar-refractivity contribution in [1.29, 1.82) is 0 Å². The van der Waals surface area contributed by atoms with Gasteiger partial charge in [0.25, 0.3) is 0 Å². The largest absolute Gasteiger partial charge is 0.417 e. The van der Waals surface area contributed by atoms with E-state index in [1.165, 1.54) is 6.07 Å². The standard InChI is InChI=1S/C16H23F3N4O.2ClH/c1-11(20)2-5-15(24)22-13-6-8-23(9-7-13)14-4-3-12(10-21-14)16(17,18)19;;/h3-4,10-11,13H,2,5-9,20H2,1H3,(H,22,24);2*1H. The Morgan fingerprint density at radius 1 is 1.35 bits per heavy atom. The SMILES string of the molecule is CC(N)CCC(=O)NC1CCN(c2ccc(C(F)(F)F)cn2)CC1.Cl.Cl. The Balaban J connectivity index is 0.00000312. The molecular weight excluding hydrogens is 392 g/mol. The number of aromatic nitrogens is 1. The molecule has 3 N–H and O–H groups in total. The Kier molecular flexibility index (Phi) is 10.3. The zero-order valence-electron chi connectivity index (χ0n) is 14.5. The van der Waals surface area contributed by atoms with Crippen molar-refractivity contribution in [3.05, 3.63) is 23.9 Å². The molecule has 0 saturated carbocycles. The smallest absolute Gasteiger partial charge is 0.356 e. The van der Waals surface area contributed by atoms with Crippen LogP contribution in [0.2, 0.25) is 0 Å². The number of pyridine rings is 1. The zero-order valence-corrected chi connectivity index (χ0v) is 16.1.